The first-order chi connectivity index (χ1) is 17.6. The Kier molecular flexibility index (Phi) is 6.15. The van der Waals surface area contributed by atoms with Crippen molar-refractivity contribution in [2.24, 2.45) is 4.99 Å². The van der Waals surface area contributed by atoms with Gasteiger partial charge in [0, 0.05) is 33.6 Å². The molecule has 1 aliphatic heterocycles. The summed E-state index contributed by atoms with van der Waals surface area (Å²) in [4.78, 5) is 24.3. The van der Waals surface area contributed by atoms with Crippen molar-refractivity contribution in [2.45, 2.75) is 42.4 Å². The molecule has 1 aromatic heterocycles. The summed E-state index contributed by atoms with van der Waals surface area (Å²) in [5, 5.41) is 3.91. The lowest BCUT2D eigenvalue weighted by molar-refractivity contribution is 0.102. The van der Waals surface area contributed by atoms with Crippen LogP contribution in [-0.2, 0) is 12.8 Å². The van der Waals surface area contributed by atoms with Crippen LogP contribution in [0.25, 0.3) is 0 Å². The Hall–Kier alpha value is -3.35. The number of fused-ring (bicyclic) bond motifs is 3. The maximum Gasteiger partial charge on any atom is 0.259 e. The summed E-state index contributed by atoms with van der Waals surface area (Å²) in [6.07, 6.45) is 6.17. The van der Waals surface area contributed by atoms with Crippen LogP contribution in [0, 0.1) is 6.92 Å². The summed E-state index contributed by atoms with van der Waals surface area (Å²) in [5.41, 5.74) is 7.36. The molecule has 0 bridgehead atoms. The summed E-state index contributed by atoms with van der Waals surface area (Å²) < 4.78 is 0. The molecule has 6 heteroatoms. The molecule has 2 heterocycles. The van der Waals surface area contributed by atoms with E-state index in [1.807, 2.05) is 37.4 Å². The number of anilines is 3. The van der Waals surface area contributed by atoms with Gasteiger partial charge in [0.1, 0.15) is 5.00 Å². The molecule has 4 aromatic rings. The SMILES string of the molecule is Cc1ccc(NC(=O)c2c(N=Cc3ccc4c(c3)Sc3ccccc3N4C)sc3c2CCCC3)cc1. The Morgan fingerprint density at radius 3 is 2.61 bits per heavy atom. The summed E-state index contributed by atoms with van der Waals surface area (Å²) in [6.45, 7) is 2.05. The highest BCUT2D eigenvalue weighted by Gasteiger charge is 2.25. The minimum absolute atomic E-state index is 0.0652. The average molecular weight is 510 g/mol. The van der Waals surface area contributed by atoms with Crippen LogP contribution in [0.3, 0.4) is 0 Å². The summed E-state index contributed by atoms with van der Waals surface area (Å²) in [6, 6.07) is 22.9. The van der Waals surface area contributed by atoms with Gasteiger partial charge in [0.05, 0.1) is 16.9 Å². The third-order valence-electron chi connectivity index (χ3n) is 6.81. The Morgan fingerprint density at radius 2 is 1.75 bits per heavy atom. The maximum atomic E-state index is 13.4. The van der Waals surface area contributed by atoms with Gasteiger partial charge in [-0.25, -0.2) is 4.99 Å². The molecule has 0 unspecified atom stereocenters. The second-order valence-corrected chi connectivity index (χ2v) is 11.5. The number of rotatable bonds is 4. The monoisotopic (exact) mass is 509 g/mol. The van der Waals surface area contributed by atoms with Crippen molar-refractivity contribution in [1.82, 2.24) is 0 Å². The number of benzene rings is 3. The number of para-hydroxylation sites is 1. The molecule has 0 fully saturated rings. The Bertz CT molecular complexity index is 1490. The van der Waals surface area contributed by atoms with Gasteiger partial charge >= 0.3 is 0 Å². The van der Waals surface area contributed by atoms with Gasteiger partial charge in [0.15, 0.2) is 0 Å². The van der Waals surface area contributed by atoms with Gasteiger partial charge < -0.3 is 10.2 Å². The number of carbonyl (C=O) groups excluding carboxylic acids is 1. The van der Waals surface area contributed by atoms with Crippen LogP contribution in [0.1, 0.15) is 44.8 Å². The van der Waals surface area contributed by atoms with E-state index in [9.17, 15) is 4.79 Å². The quantitative estimate of drug-likeness (QED) is 0.282. The first-order valence-electron chi connectivity index (χ1n) is 12.3. The van der Waals surface area contributed by atoms with Gasteiger partial charge in [0.25, 0.3) is 5.91 Å². The molecule has 1 amide bonds. The average Bonchev–Trinajstić information content (AvgIpc) is 3.27. The van der Waals surface area contributed by atoms with Crippen LogP contribution in [0.2, 0.25) is 0 Å². The lowest BCUT2D eigenvalue weighted by Gasteiger charge is -2.29. The second-order valence-electron chi connectivity index (χ2n) is 9.33. The van der Waals surface area contributed by atoms with E-state index < -0.39 is 0 Å². The largest absolute Gasteiger partial charge is 0.343 e. The van der Waals surface area contributed by atoms with Crippen molar-refractivity contribution >= 4 is 57.3 Å². The summed E-state index contributed by atoms with van der Waals surface area (Å²) in [7, 11) is 2.11. The van der Waals surface area contributed by atoms with E-state index >= 15 is 0 Å². The van der Waals surface area contributed by atoms with E-state index in [1.54, 1.807) is 23.1 Å². The number of thiophene rings is 1. The van der Waals surface area contributed by atoms with Crippen LogP contribution in [0.4, 0.5) is 22.1 Å². The first kappa shape index (κ1) is 23.1. The molecule has 2 aliphatic rings. The molecular formula is C30H27N3OS2. The first-order valence-corrected chi connectivity index (χ1v) is 13.9. The number of hydrogen-bond donors (Lipinski definition) is 1. The number of aryl methyl sites for hydroxylation is 2. The van der Waals surface area contributed by atoms with Crippen LogP contribution >= 0.6 is 23.1 Å². The molecule has 3 aromatic carbocycles. The Balaban J connectivity index is 1.31. The van der Waals surface area contributed by atoms with Crippen molar-refractivity contribution in [2.75, 3.05) is 17.3 Å². The van der Waals surface area contributed by atoms with Gasteiger partial charge in [0.2, 0.25) is 0 Å². The van der Waals surface area contributed by atoms with Crippen molar-refractivity contribution < 1.29 is 4.79 Å². The Labute approximate surface area is 220 Å². The fourth-order valence-corrected chi connectivity index (χ4v) is 7.31. The fourth-order valence-electron chi connectivity index (χ4n) is 4.88. The standard InChI is InChI=1S/C30H27N3OS2/c1-19-11-14-21(15-12-19)32-29(34)28-22-7-3-5-9-25(22)36-30(28)31-18-20-13-16-24-27(17-20)35-26-10-6-4-8-23(26)33(24)2/h4,6,8,10-18H,3,5,7,9H2,1-2H3,(H,32,34). The smallest absolute Gasteiger partial charge is 0.259 e. The van der Waals surface area contributed by atoms with E-state index in [1.165, 1.54) is 43.6 Å². The number of carbonyl (C=O) groups is 1. The minimum Gasteiger partial charge on any atom is -0.343 e. The van der Waals surface area contributed by atoms with Crippen molar-refractivity contribution in [3.63, 3.8) is 0 Å². The molecule has 1 N–H and O–H groups in total. The van der Waals surface area contributed by atoms with E-state index in [-0.39, 0.29) is 5.91 Å². The lowest BCUT2D eigenvalue weighted by Crippen LogP contribution is -2.15. The molecule has 0 spiro atoms. The molecule has 180 valence electrons. The summed E-state index contributed by atoms with van der Waals surface area (Å²) in [5.74, 6) is -0.0652. The highest BCUT2D eigenvalue weighted by molar-refractivity contribution is 7.99. The number of aliphatic imine (C=N–C) groups is 1. The van der Waals surface area contributed by atoms with Crippen LogP contribution in [0.15, 0.2) is 81.5 Å². The minimum atomic E-state index is -0.0652. The predicted octanol–water partition coefficient (Wildman–Crippen LogP) is 8.17. The lowest BCUT2D eigenvalue weighted by atomic mass is 9.95. The molecular weight excluding hydrogens is 482 g/mol. The zero-order chi connectivity index (χ0) is 24.6. The fraction of sp³-hybridized carbons (Fsp3) is 0.200. The van der Waals surface area contributed by atoms with Crippen LogP contribution in [-0.4, -0.2) is 19.2 Å². The molecule has 1 aliphatic carbocycles. The van der Waals surface area contributed by atoms with E-state index in [2.05, 4.69) is 59.7 Å². The van der Waals surface area contributed by atoms with Gasteiger partial charge in [-0.2, -0.15) is 0 Å². The summed E-state index contributed by atoms with van der Waals surface area (Å²) >= 11 is 3.46. The van der Waals surface area contributed by atoms with E-state index in [4.69, 9.17) is 4.99 Å². The maximum absolute atomic E-state index is 13.4. The van der Waals surface area contributed by atoms with Crippen molar-refractivity contribution in [1.29, 1.82) is 0 Å². The highest BCUT2D eigenvalue weighted by atomic mass is 32.2. The van der Waals surface area contributed by atoms with Crippen LogP contribution in [0.5, 0.6) is 0 Å². The molecule has 0 radical (unpaired) electrons. The Morgan fingerprint density at radius 1 is 0.972 bits per heavy atom. The third kappa shape index (κ3) is 4.36. The van der Waals surface area contributed by atoms with Crippen molar-refractivity contribution in [3.8, 4) is 0 Å². The number of hydrogen-bond acceptors (Lipinski definition) is 5. The zero-order valence-corrected chi connectivity index (χ0v) is 22.0. The zero-order valence-electron chi connectivity index (χ0n) is 20.4. The predicted molar refractivity (Wildman–Crippen MR) is 152 cm³/mol. The van der Waals surface area contributed by atoms with E-state index in [0.29, 0.717) is 0 Å². The molecule has 0 saturated heterocycles. The van der Waals surface area contributed by atoms with Crippen LogP contribution < -0.4 is 10.2 Å². The van der Waals surface area contributed by atoms with Gasteiger partial charge in [-0.05, 0) is 80.1 Å². The third-order valence-corrected chi connectivity index (χ3v) is 9.12. The molecule has 36 heavy (non-hydrogen) atoms. The van der Waals surface area contributed by atoms with E-state index in [0.717, 1.165) is 41.1 Å². The molecule has 4 nitrogen and oxygen atoms in total. The highest BCUT2D eigenvalue weighted by Crippen LogP contribution is 2.47. The number of amides is 1. The molecule has 6 rings (SSSR count). The van der Waals surface area contributed by atoms with Crippen molar-refractivity contribution in [3.05, 3.63) is 93.9 Å². The number of nitrogens with zero attached hydrogens (tertiary/aromatic N) is 2. The normalized spacial score (nSPS) is 14.3. The van der Waals surface area contributed by atoms with Gasteiger partial charge in [-0.15, -0.1) is 11.3 Å². The van der Waals surface area contributed by atoms with Gasteiger partial charge in [-0.1, -0.05) is 47.7 Å². The second kappa shape index (κ2) is 9.60. The molecule has 0 saturated carbocycles. The number of nitrogens with one attached hydrogen (secondary N) is 1. The molecule has 0 atom stereocenters. The topological polar surface area (TPSA) is 44.7 Å². The van der Waals surface area contributed by atoms with Gasteiger partial charge in [-0.3, -0.25) is 4.79 Å².